The molecule has 1 fully saturated rings. The third kappa shape index (κ3) is 2.50. The van der Waals surface area contributed by atoms with Crippen LogP contribution in [0.25, 0.3) is 0 Å². The van der Waals surface area contributed by atoms with Crippen molar-refractivity contribution in [2.24, 2.45) is 0 Å². The zero-order valence-corrected chi connectivity index (χ0v) is 12.6. The first kappa shape index (κ1) is 13.4. The monoisotopic (exact) mass is 292 g/mol. The van der Waals surface area contributed by atoms with Gasteiger partial charge >= 0.3 is 0 Å². The van der Waals surface area contributed by atoms with Crippen LogP contribution in [0.4, 0.5) is 5.82 Å². The molecule has 0 atom stereocenters. The third-order valence-electron chi connectivity index (χ3n) is 3.66. The second kappa shape index (κ2) is 5.05. The van der Waals surface area contributed by atoms with Gasteiger partial charge in [0.15, 0.2) is 0 Å². The Labute approximate surface area is 122 Å². The van der Waals surface area contributed by atoms with Crippen LogP contribution in [-0.4, -0.2) is 15.1 Å². The SMILES string of the molecule is Cc1noc(C)c1CNc1nc(C2CC2)nc(Cl)c1C. The molecule has 2 heterocycles. The van der Waals surface area contributed by atoms with Crippen LogP contribution >= 0.6 is 11.6 Å². The van der Waals surface area contributed by atoms with Crippen molar-refractivity contribution in [1.29, 1.82) is 0 Å². The highest BCUT2D eigenvalue weighted by atomic mass is 35.5. The maximum Gasteiger partial charge on any atom is 0.138 e. The van der Waals surface area contributed by atoms with E-state index >= 15 is 0 Å². The number of aromatic nitrogens is 3. The summed E-state index contributed by atoms with van der Waals surface area (Å²) in [6.45, 7) is 6.39. The predicted octanol–water partition coefficient (Wildman–Crippen LogP) is 3.53. The molecule has 0 aliphatic heterocycles. The largest absolute Gasteiger partial charge is 0.365 e. The summed E-state index contributed by atoms with van der Waals surface area (Å²) in [5.41, 5.74) is 2.84. The van der Waals surface area contributed by atoms with Gasteiger partial charge in [0.1, 0.15) is 22.6 Å². The average molecular weight is 293 g/mol. The number of nitrogens with zero attached hydrogens (tertiary/aromatic N) is 3. The summed E-state index contributed by atoms with van der Waals surface area (Å²) in [5.74, 6) is 2.96. The van der Waals surface area contributed by atoms with E-state index in [-0.39, 0.29) is 0 Å². The Hall–Kier alpha value is -1.62. The normalized spacial score (nSPS) is 14.6. The standard InChI is InChI=1S/C14H17ClN4O/c1-7-12(15)17-14(10-4-5-10)18-13(7)16-6-11-8(2)19-20-9(11)3/h10H,4-6H2,1-3H3,(H,16,17,18). The first-order chi connectivity index (χ1) is 9.56. The number of anilines is 1. The number of rotatable bonds is 4. The van der Waals surface area contributed by atoms with Crippen molar-refractivity contribution in [3.63, 3.8) is 0 Å². The molecule has 1 saturated carbocycles. The molecule has 106 valence electrons. The van der Waals surface area contributed by atoms with Crippen molar-refractivity contribution in [3.05, 3.63) is 33.6 Å². The molecule has 2 aromatic rings. The van der Waals surface area contributed by atoms with Gasteiger partial charge in [0.25, 0.3) is 0 Å². The first-order valence-electron chi connectivity index (χ1n) is 6.76. The average Bonchev–Trinajstić information content (AvgIpc) is 3.20. The molecule has 0 bridgehead atoms. The van der Waals surface area contributed by atoms with Gasteiger partial charge < -0.3 is 9.84 Å². The van der Waals surface area contributed by atoms with Gasteiger partial charge in [-0.1, -0.05) is 16.8 Å². The molecule has 0 amide bonds. The van der Waals surface area contributed by atoms with Gasteiger partial charge in [0.2, 0.25) is 0 Å². The summed E-state index contributed by atoms with van der Waals surface area (Å²) >= 11 is 6.19. The molecule has 1 aliphatic rings. The van der Waals surface area contributed by atoms with Crippen molar-refractivity contribution in [2.45, 2.75) is 46.1 Å². The molecule has 2 aromatic heterocycles. The van der Waals surface area contributed by atoms with E-state index in [0.717, 1.165) is 47.1 Å². The number of hydrogen-bond acceptors (Lipinski definition) is 5. The molecule has 0 saturated heterocycles. The summed E-state index contributed by atoms with van der Waals surface area (Å²) in [4.78, 5) is 8.96. The zero-order valence-electron chi connectivity index (χ0n) is 11.8. The van der Waals surface area contributed by atoms with Gasteiger partial charge in [-0.25, -0.2) is 9.97 Å². The van der Waals surface area contributed by atoms with E-state index in [1.807, 2.05) is 20.8 Å². The summed E-state index contributed by atoms with van der Waals surface area (Å²) in [7, 11) is 0. The van der Waals surface area contributed by atoms with E-state index in [9.17, 15) is 0 Å². The summed E-state index contributed by atoms with van der Waals surface area (Å²) in [6, 6.07) is 0. The first-order valence-corrected chi connectivity index (χ1v) is 7.13. The lowest BCUT2D eigenvalue weighted by atomic mass is 10.2. The van der Waals surface area contributed by atoms with E-state index in [1.54, 1.807) is 0 Å². The smallest absolute Gasteiger partial charge is 0.138 e. The highest BCUT2D eigenvalue weighted by molar-refractivity contribution is 6.30. The fourth-order valence-corrected chi connectivity index (χ4v) is 2.30. The molecule has 1 N–H and O–H groups in total. The van der Waals surface area contributed by atoms with Crippen molar-refractivity contribution in [2.75, 3.05) is 5.32 Å². The van der Waals surface area contributed by atoms with Gasteiger partial charge in [-0.15, -0.1) is 0 Å². The van der Waals surface area contributed by atoms with Gasteiger partial charge in [-0.05, 0) is 33.6 Å². The molecular weight excluding hydrogens is 276 g/mol. The van der Waals surface area contributed by atoms with E-state index in [1.165, 1.54) is 0 Å². The highest BCUT2D eigenvalue weighted by Gasteiger charge is 2.28. The molecule has 0 unspecified atom stereocenters. The van der Waals surface area contributed by atoms with Gasteiger partial charge in [-0.2, -0.15) is 0 Å². The molecule has 1 aliphatic carbocycles. The third-order valence-corrected chi connectivity index (χ3v) is 4.03. The van der Waals surface area contributed by atoms with Crippen molar-refractivity contribution >= 4 is 17.4 Å². The second-order valence-electron chi connectivity index (χ2n) is 5.28. The van der Waals surface area contributed by atoms with Crippen molar-refractivity contribution in [1.82, 2.24) is 15.1 Å². The maximum atomic E-state index is 6.19. The summed E-state index contributed by atoms with van der Waals surface area (Å²) < 4.78 is 5.16. The topological polar surface area (TPSA) is 63.8 Å². The van der Waals surface area contributed by atoms with Crippen LogP contribution in [0.5, 0.6) is 0 Å². The lowest BCUT2D eigenvalue weighted by Crippen LogP contribution is -2.08. The molecule has 0 spiro atoms. The summed E-state index contributed by atoms with van der Waals surface area (Å²) in [5, 5.41) is 7.81. The molecule has 3 rings (SSSR count). The summed E-state index contributed by atoms with van der Waals surface area (Å²) in [6.07, 6.45) is 2.31. The van der Waals surface area contributed by atoms with E-state index < -0.39 is 0 Å². The van der Waals surface area contributed by atoms with Crippen LogP contribution in [-0.2, 0) is 6.54 Å². The molecule has 0 radical (unpaired) electrons. The van der Waals surface area contributed by atoms with Gasteiger partial charge in [0.05, 0.1) is 5.69 Å². The minimum absolute atomic E-state index is 0.479. The Kier molecular flexibility index (Phi) is 3.38. The van der Waals surface area contributed by atoms with Gasteiger partial charge in [0, 0.05) is 23.6 Å². The predicted molar refractivity (Wildman–Crippen MR) is 77.1 cm³/mol. The Balaban J connectivity index is 1.83. The Morgan fingerprint density at radius 2 is 2.00 bits per heavy atom. The van der Waals surface area contributed by atoms with Crippen molar-refractivity contribution in [3.8, 4) is 0 Å². The molecule has 0 aromatic carbocycles. The number of halogens is 1. The highest BCUT2D eigenvalue weighted by Crippen LogP contribution is 2.39. The molecule has 5 nitrogen and oxygen atoms in total. The molecule has 6 heteroatoms. The lowest BCUT2D eigenvalue weighted by Gasteiger charge is -2.11. The zero-order chi connectivity index (χ0) is 14.3. The maximum absolute atomic E-state index is 6.19. The van der Waals surface area contributed by atoms with Crippen LogP contribution in [0, 0.1) is 20.8 Å². The fourth-order valence-electron chi connectivity index (χ4n) is 2.13. The van der Waals surface area contributed by atoms with E-state index in [4.69, 9.17) is 16.1 Å². The molecule has 20 heavy (non-hydrogen) atoms. The Morgan fingerprint density at radius 1 is 1.25 bits per heavy atom. The quantitative estimate of drug-likeness (QED) is 0.873. The van der Waals surface area contributed by atoms with Crippen LogP contribution < -0.4 is 5.32 Å². The number of aryl methyl sites for hydroxylation is 2. The second-order valence-corrected chi connectivity index (χ2v) is 5.63. The number of nitrogens with one attached hydrogen (secondary N) is 1. The van der Waals surface area contributed by atoms with Crippen LogP contribution in [0.2, 0.25) is 5.15 Å². The minimum atomic E-state index is 0.479. The van der Waals surface area contributed by atoms with E-state index in [2.05, 4.69) is 20.4 Å². The number of hydrogen-bond donors (Lipinski definition) is 1. The fraction of sp³-hybridized carbons (Fsp3) is 0.500. The van der Waals surface area contributed by atoms with Crippen molar-refractivity contribution < 1.29 is 4.52 Å². The van der Waals surface area contributed by atoms with Crippen LogP contribution in [0.3, 0.4) is 0 Å². The Morgan fingerprint density at radius 3 is 2.60 bits per heavy atom. The van der Waals surface area contributed by atoms with Crippen LogP contribution in [0.15, 0.2) is 4.52 Å². The lowest BCUT2D eigenvalue weighted by molar-refractivity contribution is 0.392. The minimum Gasteiger partial charge on any atom is -0.365 e. The van der Waals surface area contributed by atoms with Gasteiger partial charge in [-0.3, -0.25) is 0 Å². The Bertz CT molecular complexity index is 629. The van der Waals surface area contributed by atoms with Crippen LogP contribution in [0.1, 0.15) is 47.2 Å². The van der Waals surface area contributed by atoms with E-state index in [0.29, 0.717) is 17.6 Å². The molecular formula is C14H17ClN4O.